The standard InChI is InChI=1S/C6H14O.C5H12/c1-4-6(3)7-5-2;1-4-5(2)3/h6H,4-5H2,1-3H3;5H,4H2,1-3H3. The summed E-state index contributed by atoms with van der Waals surface area (Å²) in [5, 5.41) is 0. The fraction of sp³-hybridized carbons (Fsp3) is 1.00. The van der Waals surface area contributed by atoms with E-state index in [1.165, 1.54) is 6.42 Å². The summed E-state index contributed by atoms with van der Waals surface area (Å²) in [6, 6.07) is 0. The first-order chi connectivity index (χ1) is 5.58. The van der Waals surface area contributed by atoms with Gasteiger partial charge in [-0.05, 0) is 26.2 Å². The van der Waals surface area contributed by atoms with Gasteiger partial charge in [-0.3, -0.25) is 0 Å². The zero-order valence-corrected chi connectivity index (χ0v) is 9.68. The summed E-state index contributed by atoms with van der Waals surface area (Å²) >= 11 is 0. The van der Waals surface area contributed by atoms with Gasteiger partial charge in [-0.15, -0.1) is 0 Å². The number of hydrogen-bond acceptors (Lipinski definition) is 1. The largest absolute Gasteiger partial charge is 0.379 e. The molecular formula is C11H26O. The molecule has 0 spiro atoms. The highest BCUT2D eigenvalue weighted by atomic mass is 16.5. The molecule has 0 heterocycles. The first kappa shape index (κ1) is 14.5. The molecule has 1 heteroatoms. The third-order valence-electron chi connectivity index (χ3n) is 1.84. The van der Waals surface area contributed by atoms with Gasteiger partial charge in [0.15, 0.2) is 0 Å². The first-order valence-electron chi connectivity index (χ1n) is 5.19. The molecule has 0 aromatic carbocycles. The summed E-state index contributed by atoms with van der Waals surface area (Å²) < 4.78 is 5.19. The highest BCUT2D eigenvalue weighted by Crippen LogP contribution is 1.94. The van der Waals surface area contributed by atoms with Crippen LogP contribution >= 0.6 is 0 Å². The van der Waals surface area contributed by atoms with Crippen molar-refractivity contribution < 1.29 is 4.74 Å². The second-order valence-electron chi connectivity index (χ2n) is 3.48. The van der Waals surface area contributed by atoms with Crippen molar-refractivity contribution in [1.82, 2.24) is 0 Å². The van der Waals surface area contributed by atoms with Crippen LogP contribution in [0.2, 0.25) is 0 Å². The lowest BCUT2D eigenvalue weighted by Crippen LogP contribution is -2.04. The monoisotopic (exact) mass is 174 g/mol. The van der Waals surface area contributed by atoms with E-state index in [0.29, 0.717) is 6.10 Å². The Labute approximate surface area is 78.5 Å². The summed E-state index contributed by atoms with van der Waals surface area (Å²) in [6.45, 7) is 13.7. The molecule has 1 nitrogen and oxygen atoms in total. The molecule has 76 valence electrons. The molecule has 1 atom stereocenters. The van der Waals surface area contributed by atoms with Crippen molar-refractivity contribution in [2.24, 2.45) is 5.92 Å². The van der Waals surface area contributed by atoms with E-state index in [2.05, 4.69) is 34.6 Å². The van der Waals surface area contributed by atoms with Gasteiger partial charge in [0.1, 0.15) is 0 Å². The molecule has 0 fully saturated rings. The summed E-state index contributed by atoms with van der Waals surface area (Å²) in [5.74, 6) is 0.884. The normalized spacial score (nSPS) is 12.2. The second-order valence-corrected chi connectivity index (χ2v) is 3.48. The Kier molecular flexibility index (Phi) is 13.2. The lowest BCUT2D eigenvalue weighted by atomic mass is 10.2. The second kappa shape index (κ2) is 11.0. The molecule has 0 rings (SSSR count). The molecule has 0 saturated carbocycles. The van der Waals surface area contributed by atoms with Gasteiger partial charge in [0.25, 0.3) is 0 Å². The smallest absolute Gasteiger partial charge is 0.0544 e. The Balaban J connectivity index is 0. The maximum atomic E-state index is 5.19. The van der Waals surface area contributed by atoms with E-state index in [4.69, 9.17) is 4.74 Å². The van der Waals surface area contributed by atoms with Crippen molar-refractivity contribution in [3.05, 3.63) is 0 Å². The molecule has 0 aliphatic rings. The van der Waals surface area contributed by atoms with Crippen molar-refractivity contribution in [3.63, 3.8) is 0 Å². The summed E-state index contributed by atoms with van der Waals surface area (Å²) in [6.07, 6.45) is 2.87. The van der Waals surface area contributed by atoms with Crippen molar-refractivity contribution in [2.45, 2.75) is 60.5 Å². The average Bonchev–Trinajstić information content (AvgIpc) is 2.06. The predicted molar refractivity (Wildman–Crippen MR) is 56.5 cm³/mol. The highest BCUT2D eigenvalue weighted by molar-refractivity contribution is 4.40. The fourth-order valence-corrected chi connectivity index (χ4v) is 0.402. The summed E-state index contributed by atoms with van der Waals surface area (Å²) in [4.78, 5) is 0. The van der Waals surface area contributed by atoms with Crippen LogP contribution in [0, 0.1) is 5.92 Å². The SMILES string of the molecule is CCC(C)C.CCOC(C)CC. The minimum atomic E-state index is 0.449. The lowest BCUT2D eigenvalue weighted by molar-refractivity contribution is 0.0739. The van der Waals surface area contributed by atoms with Gasteiger partial charge in [0.2, 0.25) is 0 Å². The molecule has 0 aliphatic heterocycles. The minimum Gasteiger partial charge on any atom is -0.379 e. The highest BCUT2D eigenvalue weighted by Gasteiger charge is 1.91. The van der Waals surface area contributed by atoms with Crippen molar-refractivity contribution >= 4 is 0 Å². The fourth-order valence-electron chi connectivity index (χ4n) is 0.402. The van der Waals surface area contributed by atoms with Crippen molar-refractivity contribution in [3.8, 4) is 0 Å². The molecule has 0 aliphatic carbocycles. The van der Waals surface area contributed by atoms with Gasteiger partial charge in [-0.25, -0.2) is 0 Å². The van der Waals surface area contributed by atoms with Gasteiger partial charge < -0.3 is 4.74 Å². The molecule has 0 amide bonds. The van der Waals surface area contributed by atoms with Crippen LogP contribution in [0.15, 0.2) is 0 Å². The van der Waals surface area contributed by atoms with Crippen molar-refractivity contribution in [1.29, 1.82) is 0 Å². The van der Waals surface area contributed by atoms with Crippen LogP contribution in [-0.2, 0) is 4.74 Å². The van der Waals surface area contributed by atoms with E-state index in [-0.39, 0.29) is 0 Å². The number of hydrogen-bond donors (Lipinski definition) is 0. The maximum Gasteiger partial charge on any atom is 0.0544 e. The first-order valence-corrected chi connectivity index (χ1v) is 5.19. The molecule has 0 aromatic heterocycles. The zero-order chi connectivity index (χ0) is 9.98. The molecular weight excluding hydrogens is 148 g/mol. The van der Waals surface area contributed by atoms with Gasteiger partial charge >= 0.3 is 0 Å². The third-order valence-corrected chi connectivity index (χ3v) is 1.84. The third kappa shape index (κ3) is 16.5. The summed E-state index contributed by atoms with van der Waals surface area (Å²) in [5.41, 5.74) is 0. The molecule has 0 radical (unpaired) electrons. The van der Waals surface area contributed by atoms with Crippen LogP contribution < -0.4 is 0 Å². The molecule has 1 unspecified atom stereocenters. The Morgan fingerprint density at radius 1 is 0.917 bits per heavy atom. The quantitative estimate of drug-likeness (QED) is 0.628. The van der Waals surface area contributed by atoms with Crippen LogP contribution in [0.1, 0.15) is 54.4 Å². The Hall–Kier alpha value is -0.0400. The van der Waals surface area contributed by atoms with Gasteiger partial charge in [0.05, 0.1) is 6.10 Å². The zero-order valence-electron chi connectivity index (χ0n) is 9.68. The molecule has 0 aromatic rings. The van der Waals surface area contributed by atoms with E-state index in [1.54, 1.807) is 0 Å². The number of rotatable bonds is 4. The minimum absolute atomic E-state index is 0.449. The van der Waals surface area contributed by atoms with E-state index in [1.807, 2.05) is 6.92 Å². The molecule has 0 bridgehead atoms. The molecule has 12 heavy (non-hydrogen) atoms. The van der Waals surface area contributed by atoms with Crippen LogP contribution in [0.3, 0.4) is 0 Å². The Morgan fingerprint density at radius 3 is 1.42 bits per heavy atom. The van der Waals surface area contributed by atoms with E-state index >= 15 is 0 Å². The average molecular weight is 174 g/mol. The van der Waals surface area contributed by atoms with E-state index < -0.39 is 0 Å². The summed E-state index contributed by atoms with van der Waals surface area (Å²) in [7, 11) is 0. The molecule has 0 N–H and O–H groups in total. The van der Waals surface area contributed by atoms with Gasteiger partial charge in [-0.2, -0.15) is 0 Å². The van der Waals surface area contributed by atoms with Gasteiger partial charge in [-0.1, -0.05) is 34.1 Å². The van der Waals surface area contributed by atoms with Crippen molar-refractivity contribution in [2.75, 3.05) is 6.61 Å². The van der Waals surface area contributed by atoms with Gasteiger partial charge in [0, 0.05) is 6.61 Å². The predicted octanol–water partition coefficient (Wildman–Crippen LogP) is 3.87. The number of ether oxygens (including phenoxy) is 1. The lowest BCUT2D eigenvalue weighted by Gasteiger charge is -2.05. The Morgan fingerprint density at radius 2 is 1.33 bits per heavy atom. The molecule has 0 saturated heterocycles. The maximum absolute atomic E-state index is 5.19. The van der Waals surface area contributed by atoms with E-state index in [9.17, 15) is 0 Å². The van der Waals surface area contributed by atoms with Crippen LogP contribution in [-0.4, -0.2) is 12.7 Å². The Bertz CT molecular complexity index is 69.4. The topological polar surface area (TPSA) is 9.23 Å². The van der Waals surface area contributed by atoms with Crippen LogP contribution in [0.25, 0.3) is 0 Å². The van der Waals surface area contributed by atoms with Crippen LogP contribution in [0.5, 0.6) is 0 Å². The van der Waals surface area contributed by atoms with E-state index in [0.717, 1.165) is 18.9 Å². The van der Waals surface area contributed by atoms with Crippen LogP contribution in [0.4, 0.5) is 0 Å².